The highest BCUT2D eigenvalue weighted by Crippen LogP contribution is 2.28. The van der Waals surface area contributed by atoms with Gasteiger partial charge in [0.15, 0.2) is 0 Å². The van der Waals surface area contributed by atoms with Crippen LogP contribution in [0.15, 0.2) is 24.3 Å². The van der Waals surface area contributed by atoms with Crippen molar-refractivity contribution < 1.29 is 14.7 Å². The van der Waals surface area contributed by atoms with Crippen molar-refractivity contribution in [1.82, 2.24) is 0 Å². The zero-order chi connectivity index (χ0) is 12.3. The van der Waals surface area contributed by atoms with Crippen molar-refractivity contribution in [3.05, 3.63) is 29.8 Å². The van der Waals surface area contributed by atoms with Crippen molar-refractivity contribution in [3.63, 3.8) is 0 Å². The molecular formula is C9H5Cl3NO3-. The molecule has 0 aliphatic heterocycles. The summed E-state index contributed by atoms with van der Waals surface area (Å²) in [4.78, 5) is 22.0. The molecular weight excluding hydrogens is 276 g/mol. The topological polar surface area (TPSA) is 69.2 Å². The van der Waals surface area contributed by atoms with Crippen LogP contribution in [0.25, 0.3) is 0 Å². The molecule has 1 amide bonds. The summed E-state index contributed by atoms with van der Waals surface area (Å²) in [5, 5.41) is 12.9. The lowest BCUT2D eigenvalue weighted by atomic mass is 10.2. The minimum atomic E-state index is -2.15. The average Bonchev–Trinajstić information content (AvgIpc) is 2.16. The Balaban J connectivity index is 2.98. The number of hydrogen-bond acceptors (Lipinski definition) is 3. The van der Waals surface area contributed by atoms with Crippen LogP contribution >= 0.6 is 34.8 Å². The van der Waals surface area contributed by atoms with E-state index in [0.29, 0.717) is 0 Å². The van der Waals surface area contributed by atoms with Crippen molar-refractivity contribution in [2.75, 3.05) is 5.32 Å². The van der Waals surface area contributed by atoms with E-state index in [0.717, 1.165) is 0 Å². The van der Waals surface area contributed by atoms with Gasteiger partial charge in [-0.15, -0.1) is 0 Å². The molecule has 1 aromatic carbocycles. The van der Waals surface area contributed by atoms with Gasteiger partial charge < -0.3 is 15.2 Å². The van der Waals surface area contributed by atoms with Gasteiger partial charge in [-0.25, -0.2) is 0 Å². The normalized spacial score (nSPS) is 10.9. The first-order valence-corrected chi connectivity index (χ1v) is 5.14. The Morgan fingerprint density at radius 2 is 1.75 bits per heavy atom. The molecule has 0 saturated carbocycles. The number of hydrogen-bond donors (Lipinski definition) is 1. The maximum absolute atomic E-state index is 11.3. The number of carbonyl (C=O) groups excluding carboxylic acids is 2. The lowest BCUT2D eigenvalue weighted by Gasteiger charge is -2.14. The molecule has 0 atom stereocenters. The zero-order valence-electron chi connectivity index (χ0n) is 7.67. The largest absolute Gasteiger partial charge is 0.545 e. The third-order valence-electron chi connectivity index (χ3n) is 1.65. The number of amides is 1. The molecule has 0 saturated heterocycles. The van der Waals surface area contributed by atoms with Crippen molar-refractivity contribution in [1.29, 1.82) is 0 Å². The molecule has 1 N–H and O–H groups in total. The molecule has 1 aromatic rings. The average molecular weight is 282 g/mol. The summed E-state index contributed by atoms with van der Waals surface area (Å²) in [6, 6.07) is 5.64. The van der Waals surface area contributed by atoms with E-state index in [1.165, 1.54) is 24.3 Å². The number of nitrogens with one attached hydrogen (secondary N) is 1. The van der Waals surface area contributed by atoms with E-state index in [1.807, 2.05) is 0 Å². The fourth-order valence-corrected chi connectivity index (χ4v) is 1.11. The van der Waals surface area contributed by atoms with E-state index >= 15 is 0 Å². The Morgan fingerprint density at radius 3 is 2.25 bits per heavy atom. The maximum atomic E-state index is 11.3. The van der Waals surface area contributed by atoms with Crippen molar-refractivity contribution in [2.45, 2.75) is 3.79 Å². The van der Waals surface area contributed by atoms with Gasteiger partial charge in [-0.3, -0.25) is 4.79 Å². The highest BCUT2D eigenvalue weighted by Gasteiger charge is 2.30. The first-order valence-electron chi connectivity index (χ1n) is 4.01. The second kappa shape index (κ2) is 4.91. The second-order valence-corrected chi connectivity index (χ2v) is 5.07. The lowest BCUT2D eigenvalue weighted by molar-refractivity contribution is -0.254. The van der Waals surface area contributed by atoms with E-state index in [4.69, 9.17) is 34.8 Å². The highest BCUT2D eigenvalue weighted by molar-refractivity contribution is 6.76. The Morgan fingerprint density at radius 1 is 1.19 bits per heavy atom. The third kappa shape index (κ3) is 3.27. The van der Waals surface area contributed by atoms with Crippen LogP contribution in [0.4, 0.5) is 5.69 Å². The summed E-state index contributed by atoms with van der Waals surface area (Å²) in [6.07, 6.45) is 0. The van der Waals surface area contributed by atoms with Crippen LogP contribution in [0, 0.1) is 0 Å². The fraction of sp³-hybridized carbons (Fsp3) is 0.111. The van der Waals surface area contributed by atoms with Crippen LogP contribution in [-0.4, -0.2) is 15.7 Å². The molecule has 0 aromatic heterocycles. The van der Waals surface area contributed by atoms with Crippen LogP contribution in [0.3, 0.4) is 0 Å². The van der Waals surface area contributed by atoms with Crippen LogP contribution in [-0.2, 0) is 4.79 Å². The van der Waals surface area contributed by atoms with Crippen LogP contribution < -0.4 is 10.4 Å². The van der Waals surface area contributed by atoms with E-state index in [9.17, 15) is 14.7 Å². The smallest absolute Gasteiger partial charge is 0.276 e. The number of anilines is 1. The molecule has 0 aliphatic rings. The zero-order valence-corrected chi connectivity index (χ0v) is 9.94. The molecule has 7 heteroatoms. The Bertz CT molecular complexity index is 428. The second-order valence-electron chi connectivity index (χ2n) is 2.78. The van der Waals surface area contributed by atoms with Gasteiger partial charge in [-0.05, 0) is 6.07 Å². The van der Waals surface area contributed by atoms with E-state index in [2.05, 4.69) is 5.32 Å². The van der Waals surface area contributed by atoms with Gasteiger partial charge in [0.2, 0.25) is 0 Å². The minimum absolute atomic E-state index is 0.0128. The van der Waals surface area contributed by atoms with Crippen LogP contribution in [0.2, 0.25) is 0 Å². The first-order chi connectivity index (χ1) is 7.32. The molecule has 0 fully saturated rings. The predicted octanol–water partition coefficient (Wildman–Crippen LogP) is 1.36. The van der Waals surface area contributed by atoms with Crippen molar-refractivity contribution in [3.8, 4) is 0 Å². The number of para-hydroxylation sites is 1. The van der Waals surface area contributed by atoms with Gasteiger partial charge >= 0.3 is 0 Å². The first kappa shape index (κ1) is 13.1. The Hall–Kier alpha value is -0.970. The number of benzene rings is 1. The van der Waals surface area contributed by atoms with Gasteiger partial charge in [-0.2, -0.15) is 0 Å². The summed E-state index contributed by atoms with van der Waals surface area (Å²) < 4.78 is -2.15. The van der Waals surface area contributed by atoms with Gasteiger partial charge in [0, 0.05) is 11.3 Å². The minimum Gasteiger partial charge on any atom is -0.545 e. The van der Waals surface area contributed by atoms with Crippen LogP contribution in [0.1, 0.15) is 10.4 Å². The summed E-state index contributed by atoms with van der Waals surface area (Å²) in [6.45, 7) is 0. The lowest BCUT2D eigenvalue weighted by Crippen LogP contribution is -2.29. The SMILES string of the molecule is O=C([O-])c1ccccc1NC(=O)C(Cl)(Cl)Cl. The maximum Gasteiger partial charge on any atom is 0.276 e. The summed E-state index contributed by atoms with van der Waals surface area (Å²) in [7, 11) is 0. The summed E-state index contributed by atoms with van der Waals surface area (Å²) >= 11 is 16.0. The van der Waals surface area contributed by atoms with E-state index in [-0.39, 0.29) is 11.3 Å². The summed E-state index contributed by atoms with van der Waals surface area (Å²) in [5.41, 5.74) is -0.177. The molecule has 0 spiro atoms. The van der Waals surface area contributed by atoms with E-state index < -0.39 is 15.7 Å². The molecule has 4 nitrogen and oxygen atoms in total. The number of rotatable bonds is 2. The summed E-state index contributed by atoms with van der Waals surface area (Å²) in [5.74, 6) is -2.37. The molecule has 0 radical (unpaired) electrons. The Labute approximate surface area is 106 Å². The molecule has 0 aliphatic carbocycles. The van der Waals surface area contributed by atoms with Crippen molar-refractivity contribution in [2.24, 2.45) is 0 Å². The van der Waals surface area contributed by atoms with Gasteiger partial charge in [-0.1, -0.05) is 53.0 Å². The molecule has 0 unspecified atom stereocenters. The number of carboxylic acids is 1. The quantitative estimate of drug-likeness (QED) is 0.832. The number of halogens is 3. The van der Waals surface area contributed by atoms with E-state index in [1.54, 1.807) is 0 Å². The van der Waals surface area contributed by atoms with Gasteiger partial charge in [0.25, 0.3) is 9.70 Å². The van der Waals surface area contributed by atoms with Gasteiger partial charge in [0.05, 0.1) is 5.97 Å². The number of alkyl halides is 3. The molecule has 0 bridgehead atoms. The monoisotopic (exact) mass is 280 g/mol. The van der Waals surface area contributed by atoms with Crippen molar-refractivity contribution >= 4 is 52.4 Å². The Kier molecular flexibility index (Phi) is 4.02. The molecule has 0 heterocycles. The van der Waals surface area contributed by atoms with Crippen LogP contribution in [0.5, 0.6) is 0 Å². The number of carboxylic acid groups (broad SMARTS) is 1. The molecule has 86 valence electrons. The molecule has 16 heavy (non-hydrogen) atoms. The fourth-order valence-electron chi connectivity index (χ4n) is 0.963. The predicted molar refractivity (Wildman–Crippen MR) is 59.7 cm³/mol. The molecule has 1 rings (SSSR count). The van der Waals surface area contributed by atoms with Gasteiger partial charge in [0.1, 0.15) is 0 Å². The standard InChI is InChI=1S/C9H6Cl3NO3/c10-9(11,12)8(16)13-6-4-2-1-3-5(6)7(14)15/h1-4H,(H,13,16)(H,14,15)/p-1. The third-order valence-corrected chi connectivity index (χ3v) is 2.17. The number of carbonyl (C=O) groups is 2. The number of aromatic carboxylic acids is 1. The highest BCUT2D eigenvalue weighted by atomic mass is 35.6.